The SMILES string of the molecule is NC(N)=NNCC1OCc2ccccc21. The van der Waals surface area contributed by atoms with E-state index >= 15 is 0 Å². The molecule has 0 fully saturated rings. The number of hydrogen-bond donors (Lipinski definition) is 3. The van der Waals surface area contributed by atoms with Gasteiger partial charge in [-0.05, 0) is 11.1 Å². The molecule has 0 radical (unpaired) electrons. The van der Waals surface area contributed by atoms with Crippen LogP contribution in [0.15, 0.2) is 29.4 Å². The van der Waals surface area contributed by atoms with Crippen molar-refractivity contribution in [2.45, 2.75) is 12.7 Å². The second-order valence-corrected chi connectivity index (χ2v) is 3.40. The van der Waals surface area contributed by atoms with Gasteiger partial charge in [0.05, 0.1) is 13.2 Å². The van der Waals surface area contributed by atoms with Crippen LogP contribution in [0.25, 0.3) is 0 Å². The molecule has 5 N–H and O–H groups in total. The van der Waals surface area contributed by atoms with Crippen molar-refractivity contribution in [1.29, 1.82) is 0 Å². The second-order valence-electron chi connectivity index (χ2n) is 3.40. The van der Waals surface area contributed by atoms with Crippen molar-refractivity contribution in [3.8, 4) is 0 Å². The third-order valence-corrected chi connectivity index (χ3v) is 2.33. The van der Waals surface area contributed by atoms with Gasteiger partial charge in [-0.1, -0.05) is 24.3 Å². The minimum Gasteiger partial charge on any atom is -0.369 e. The van der Waals surface area contributed by atoms with E-state index in [1.54, 1.807) is 0 Å². The van der Waals surface area contributed by atoms with Gasteiger partial charge in [0.2, 0.25) is 5.96 Å². The average Bonchev–Trinajstić information content (AvgIpc) is 2.62. The van der Waals surface area contributed by atoms with Crippen molar-refractivity contribution in [3.05, 3.63) is 35.4 Å². The van der Waals surface area contributed by atoms with E-state index in [2.05, 4.69) is 22.7 Å². The highest BCUT2D eigenvalue weighted by atomic mass is 16.5. The molecule has 1 aromatic rings. The van der Waals surface area contributed by atoms with Gasteiger partial charge in [0, 0.05) is 0 Å². The fraction of sp³-hybridized carbons (Fsp3) is 0.300. The number of nitrogens with zero attached hydrogens (tertiary/aromatic N) is 1. The molecule has 1 aromatic carbocycles. The van der Waals surface area contributed by atoms with Gasteiger partial charge in [0.25, 0.3) is 0 Å². The molecule has 2 rings (SSSR count). The average molecular weight is 206 g/mol. The molecule has 0 saturated heterocycles. The minimum absolute atomic E-state index is 0.0290. The quantitative estimate of drug-likeness (QED) is 0.370. The monoisotopic (exact) mass is 206 g/mol. The van der Waals surface area contributed by atoms with E-state index in [0.717, 1.165) is 0 Å². The zero-order valence-electron chi connectivity index (χ0n) is 8.31. The molecule has 1 unspecified atom stereocenters. The van der Waals surface area contributed by atoms with Gasteiger partial charge < -0.3 is 21.6 Å². The minimum atomic E-state index is 0.0290. The van der Waals surface area contributed by atoms with Crippen LogP contribution in [0.5, 0.6) is 0 Å². The van der Waals surface area contributed by atoms with Gasteiger partial charge in [0.1, 0.15) is 6.10 Å². The Bertz CT molecular complexity index is 373. The van der Waals surface area contributed by atoms with E-state index in [4.69, 9.17) is 16.2 Å². The Labute approximate surface area is 88.1 Å². The molecular weight excluding hydrogens is 192 g/mol. The number of hydrazone groups is 1. The van der Waals surface area contributed by atoms with Gasteiger partial charge in [0.15, 0.2) is 0 Å². The number of nitrogens with one attached hydrogen (secondary N) is 1. The summed E-state index contributed by atoms with van der Waals surface area (Å²) in [5.74, 6) is 0.0290. The Morgan fingerprint density at radius 2 is 2.27 bits per heavy atom. The highest BCUT2D eigenvalue weighted by Gasteiger charge is 2.21. The number of hydrogen-bond acceptors (Lipinski definition) is 3. The molecule has 1 heterocycles. The van der Waals surface area contributed by atoms with Crippen molar-refractivity contribution in [3.63, 3.8) is 0 Å². The third-order valence-electron chi connectivity index (χ3n) is 2.33. The van der Waals surface area contributed by atoms with Gasteiger partial charge in [-0.25, -0.2) is 0 Å². The lowest BCUT2D eigenvalue weighted by Crippen LogP contribution is -2.28. The Morgan fingerprint density at radius 1 is 1.47 bits per heavy atom. The summed E-state index contributed by atoms with van der Waals surface area (Å²) in [6.45, 7) is 1.24. The molecule has 0 saturated carbocycles. The number of guanidine groups is 1. The summed E-state index contributed by atoms with van der Waals surface area (Å²) in [7, 11) is 0. The molecule has 1 aliphatic heterocycles. The predicted molar refractivity (Wildman–Crippen MR) is 57.8 cm³/mol. The maximum Gasteiger partial charge on any atom is 0.208 e. The molecule has 0 bridgehead atoms. The van der Waals surface area contributed by atoms with Crippen LogP contribution in [0, 0.1) is 0 Å². The molecule has 0 aromatic heterocycles. The summed E-state index contributed by atoms with van der Waals surface area (Å²) < 4.78 is 5.59. The summed E-state index contributed by atoms with van der Waals surface area (Å²) in [6.07, 6.45) is 0.0318. The summed E-state index contributed by atoms with van der Waals surface area (Å²) in [5.41, 5.74) is 15.6. The van der Waals surface area contributed by atoms with Crippen molar-refractivity contribution in [2.75, 3.05) is 6.54 Å². The Balaban J connectivity index is 1.99. The molecule has 1 aliphatic rings. The van der Waals surface area contributed by atoms with Gasteiger partial charge >= 0.3 is 0 Å². The first kappa shape index (κ1) is 9.79. The standard InChI is InChI=1S/C10H14N4O/c11-10(12)14-13-5-9-8-4-2-1-3-7(8)6-15-9/h1-4,9,13H,5-6H2,(H4,11,12,14). The summed E-state index contributed by atoms with van der Waals surface area (Å²) in [4.78, 5) is 0. The Morgan fingerprint density at radius 3 is 3.07 bits per heavy atom. The highest BCUT2D eigenvalue weighted by Crippen LogP contribution is 2.29. The lowest BCUT2D eigenvalue weighted by atomic mass is 10.1. The first-order valence-corrected chi connectivity index (χ1v) is 4.78. The fourth-order valence-corrected chi connectivity index (χ4v) is 1.65. The van der Waals surface area contributed by atoms with Crippen LogP contribution in [0.2, 0.25) is 0 Å². The maximum atomic E-state index is 5.59. The highest BCUT2D eigenvalue weighted by molar-refractivity contribution is 5.75. The normalized spacial score (nSPS) is 18.3. The van der Waals surface area contributed by atoms with Crippen LogP contribution in [0.1, 0.15) is 17.2 Å². The molecule has 5 nitrogen and oxygen atoms in total. The van der Waals surface area contributed by atoms with E-state index in [9.17, 15) is 0 Å². The lowest BCUT2D eigenvalue weighted by Gasteiger charge is -2.10. The smallest absolute Gasteiger partial charge is 0.208 e. The van der Waals surface area contributed by atoms with Crippen LogP contribution in [-0.2, 0) is 11.3 Å². The van der Waals surface area contributed by atoms with Crippen molar-refractivity contribution in [2.24, 2.45) is 16.6 Å². The maximum absolute atomic E-state index is 5.59. The van der Waals surface area contributed by atoms with Crippen molar-refractivity contribution >= 4 is 5.96 Å². The van der Waals surface area contributed by atoms with Crippen LogP contribution in [0.4, 0.5) is 0 Å². The van der Waals surface area contributed by atoms with Crippen molar-refractivity contribution < 1.29 is 4.74 Å². The molecule has 15 heavy (non-hydrogen) atoms. The molecule has 5 heteroatoms. The molecule has 80 valence electrons. The molecular formula is C10H14N4O. The lowest BCUT2D eigenvalue weighted by molar-refractivity contribution is 0.0663. The topological polar surface area (TPSA) is 85.7 Å². The van der Waals surface area contributed by atoms with Gasteiger partial charge in [-0.3, -0.25) is 0 Å². The molecule has 0 amide bonds. The number of nitrogens with two attached hydrogens (primary N) is 2. The molecule has 1 atom stereocenters. The zero-order chi connectivity index (χ0) is 10.7. The number of rotatable bonds is 3. The Hall–Kier alpha value is -1.75. The first-order valence-electron chi connectivity index (χ1n) is 4.78. The first-order chi connectivity index (χ1) is 7.27. The number of benzene rings is 1. The van der Waals surface area contributed by atoms with E-state index in [1.165, 1.54) is 11.1 Å². The van der Waals surface area contributed by atoms with E-state index in [1.807, 2.05) is 12.1 Å². The second kappa shape index (κ2) is 4.18. The van der Waals surface area contributed by atoms with E-state index in [-0.39, 0.29) is 12.1 Å². The van der Waals surface area contributed by atoms with E-state index in [0.29, 0.717) is 13.2 Å². The van der Waals surface area contributed by atoms with E-state index < -0.39 is 0 Å². The summed E-state index contributed by atoms with van der Waals surface area (Å²) >= 11 is 0. The van der Waals surface area contributed by atoms with Crippen molar-refractivity contribution in [1.82, 2.24) is 5.43 Å². The largest absolute Gasteiger partial charge is 0.369 e. The molecule has 0 aliphatic carbocycles. The van der Waals surface area contributed by atoms with Gasteiger partial charge in [-0.2, -0.15) is 0 Å². The predicted octanol–water partition coefficient (Wildman–Crippen LogP) is 0.0359. The number of fused-ring (bicyclic) bond motifs is 1. The van der Waals surface area contributed by atoms with Gasteiger partial charge in [-0.15, -0.1) is 5.10 Å². The van der Waals surface area contributed by atoms with Crippen LogP contribution in [-0.4, -0.2) is 12.5 Å². The number of ether oxygens (including phenoxy) is 1. The fourth-order valence-electron chi connectivity index (χ4n) is 1.65. The van der Waals surface area contributed by atoms with Crippen LogP contribution >= 0.6 is 0 Å². The summed E-state index contributed by atoms with van der Waals surface area (Å²) in [5, 5.41) is 3.70. The Kier molecular flexibility index (Phi) is 2.73. The summed E-state index contributed by atoms with van der Waals surface area (Å²) in [6, 6.07) is 8.13. The van der Waals surface area contributed by atoms with Crippen LogP contribution in [0.3, 0.4) is 0 Å². The third kappa shape index (κ3) is 2.19. The molecule has 0 spiro atoms. The van der Waals surface area contributed by atoms with Crippen LogP contribution < -0.4 is 16.9 Å². The zero-order valence-corrected chi connectivity index (χ0v) is 8.31.